The molecule has 0 atom stereocenters. The molecule has 2 aromatic rings. The van der Waals surface area contributed by atoms with Crippen molar-refractivity contribution in [3.05, 3.63) is 46.0 Å². The van der Waals surface area contributed by atoms with E-state index in [1.54, 1.807) is 31.2 Å². The summed E-state index contributed by atoms with van der Waals surface area (Å²) in [6.07, 6.45) is 0. The third kappa shape index (κ3) is 4.65. The molecule has 9 heteroatoms. The number of aryl methyl sites for hydroxylation is 1. The molecule has 2 rings (SSSR count). The molecule has 0 fully saturated rings. The Hall–Kier alpha value is -2.68. The number of amides is 1. The molecular formula is C14H14N4O4S. The lowest BCUT2D eigenvalue weighted by molar-refractivity contribution is -0.113. The second kappa shape index (κ2) is 7.54. The number of esters is 1. The topological polar surface area (TPSA) is 114 Å². The van der Waals surface area contributed by atoms with Crippen molar-refractivity contribution < 1.29 is 14.3 Å². The van der Waals surface area contributed by atoms with Crippen molar-refractivity contribution in [3.63, 3.8) is 0 Å². The summed E-state index contributed by atoms with van der Waals surface area (Å²) in [4.78, 5) is 38.1. The zero-order chi connectivity index (χ0) is 16.8. The van der Waals surface area contributed by atoms with Gasteiger partial charge in [-0.1, -0.05) is 11.8 Å². The molecule has 0 bridgehead atoms. The minimum atomic E-state index is -0.558. The van der Waals surface area contributed by atoms with E-state index < -0.39 is 11.7 Å². The molecule has 8 nitrogen and oxygen atoms in total. The van der Waals surface area contributed by atoms with Gasteiger partial charge in [0.15, 0.2) is 0 Å². The number of nitrogens with zero attached hydrogens (tertiary/aromatic N) is 2. The van der Waals surface area contributed by atoms with Gasteiger partial charge in [0.1, 0.15) is 5.03 Å². The highest BCUT2D eigenvalue weighted by molar-refractivity contribution is 8.00. The Balaban J connectivity index is 1.93. The molecule has 0 aliphatic heterocycles. The monoisotopic (exact) mass is 334 g/mol. The highest BCUT2D eigenvalue weighted by Crippen LogP contribution is 2.17. The number of aromatic nitrogens is 3. The number of hydrogen-bond donors (Lipinski definition) is 2. The van der Waals surface area contributed by atoms with Crippen molar-refractivity contribution in [2.45, 2.75) is 11.9 Å². The van der Waals surface area contributed by atoms with Crippen LogP contribution in [0, 0.1) is 6.92 Å². The van der Waals surface area contributed by atoms with Gasteiger partial charge in [0.25, 0.3) is 0 Å². The summed E-state index contributed by atoms with van der Waals surface area (Å²) >= 11 is 1.12. The SMILES string of the molecule is COC(=O)c1ccc(NC(=O)CSc2nc(=O)[nH]nc2C)cc1. The van der Waals surface area contributed by atoms with Gasteiger partial charge < -0.3 is 10.1 Å². The fourth-order valence-electron chi connectivity index (χ4n) is 1.65. The Morgan fingerprint density at radius 3 is 2.65 bits per heavy atom. The second-order valence-corrected chi connectivity index (χ2v) is 5.40. The van der Waals surface area contributed by atoms with Crippen LogP contribution in [0.3, 0.4) is 0 Å². The number of hydrogen-bond acceptors (Lipinski definition) is 7. The number of methoxy groups -OCH3 is 1. The first-order valence-corrected chi connectivity index (χ1v) is 7.52. The molecular weight excluding hydrogens is 320 g/mol. The molecule has 120 valence electrons. The Morgan fingerprint density at radius 2 is 2.00 bits per heavy atom. The predicted molar refractivity (Wildman–Crippen MR) is 84.5 cm³/mol. The number of thioether (sulfide) groups is 1. The van der Waals surface area contributed by atoms with Crippen LogP contribution in [0.15, 0.2) is 34.1 Å². The van der Waals surface area contributed by atoms with E-state index in [1.807, 2.05) is 0 Å². The van der Waals surface area contributed by atoms with Crippen LogP contribution in [0.4, 0.5) is 5.69 Å². The van der Waals surface area contributed by atoms with Gasteiger partial charge in [0.2, 0.25) is 5.91 Å². The lowest BCUT2D eigenvalue weighted by Gasteiger charge is -2.06. The van der Waals surface area contributed by atoms with Crippen molar-refractivity contribution >= 4 is 29.3 Å². The maximum Gasteiger partial charge on any atom is 0.362 e. The van der Waals surface area contributed by atoms with Gasteiger partial charge in [-0.05, 0) is 31.2 Å². The zero-order valence-corrected chi connectivity index (χ0v) is 13.3. The van der Waals surface area contributed by atoms with Crippen LogP contribution >= 0.6 is 11.8 Å². The second-order valence-electron chi connectivity index (χ2n) is 4.44. The number of anilines is 1. The summed E-state index contributed by atoms with van der Waals surface area (Å²) in [7, 11) is 1.30. The largest absolute Gasteiger partial charge is 0.465 e. The van der Waals surface area contributed by atoms with Gasteiger partial charge >= 0.3 is 11.7 Å². The van der Waals surface area contributed by atoms with E-state index in [4.69, 9.17) is 0 Å². The molecule has 0 radical (unpaired) electrons. The van der Waals surface area contributed by atoms with Crippen LogP contribution in [0.1, 0.15) is 16.1 Å². The van der Waals surface area contributed by atoms with Crippen LogP contribution in [0.2, 0.25) is 0 Å². The molecule has 1 aromatic heterocycles. The van der Waals surface area contributed by atoms with Gasteiger partial charge in [-0.25, -0.2) is 14.7 Å². The van der Waals surface area contributed by atoms with E-state index in [0.29, 0.717) is 22.0 Å². The van der Waals surface area contributed by atoms with Crippen LogP contribution in [0.5, 0.6) is 0 Å². The van der Waals surface area contributed by atoms with Gasteiger partial charge in [0, 0.05) is 5.69 Å². The number of carbonyl (C=O) groups is 2. The maximum absolute atomic E-state index is 11.9. The molecule has 0 saturated heterocycles. The van der Waals surface area contributed by atoms with E-state index in [1.165, 1.54) is 7.11 Å². The third-order valence-corrected chi connectivity index (χ3v) is 3.83. The summed E-state index contributed by atoms with van der Waals surface area (Å²) in [5.41, 5.74) is 0.938. The quantitative estimate of drug-likeness (QED) is 0.619. The van der Waals surface area contributed by atoms with Crippen LogP contribution in [0.25, 0.3) is 0 Å². The molecule has 1 heterocycles. The molecule has 1 aromatic carbocycles. The molecule has 0 spiro atoms. The normalized spacial score (nSPS) is 10.2. The summed E-state index contributed by atoms with van der Waals surface area (Å²) in [5, 5.41) is 9.09. The maximum atomic E-state index is 11.9. The van der Waals surface area contributed by atoms with E-state index >= 15 is 0 Å². The Morgan fingerprint density at radius 1 is 1.30 bits per heavy atom. The molecule has 0 saturated carbocycles. The first-order valence-electron chi connectivity index (χ1n) is 6.54. The molecule has 0 aliphatic carbocycles. The zero-order valence-electron chi connectivity index (χ0n) is 12.5. The first-order chi connectivity index (χ1) is 11.0. The van der Waals surface area contributed by atoms with Crippen LogP contribution in [-0.2, 0) is 9.53 Å². The number of ether oxygens (including phenoxy) is 1. The lowest BCUT2D eigenvalue weighted by atomic mass is 10.2. The third-order valence-electron chi connectivity index (χ3n) is 2.76. The number of H-pyrrole nitrogens is 1. The fourth-order valence-corrected chi connectivity index (χ4v) is 2.39. The van der Waals surface area contributed by atoms with E-state index in [0.717, 1.165) is 11.8 Å². The van der Waals surface area contributed by atoms with Crippen LogP contribution in [-0.4, -0.2) is 39.9 Å². The first kappa shape index (κ1) is 16.7. The molecule has 2 N–H and O–H groups in total. The fraction of sp³-hybridized carbons (Fsp3) is 0.214. The van der Waals surface area contributed by atoms with Crippen molar-refractivity contribution in [1.82, 2.24) is 15.2 Å². The highest BCUT2D eigenvalue weighted by atomic mass is 32.2. The Bertz CT molecular complexity index is 773. The van der Waals surface area contributed by atoms with E-state index in [-0.39, 0.29) is 11.7 Å². The van der Waals surface area contributed by atoms with Crippen molar-refractivity contribution in [1.29, 1.82) is 0 Å². The standard InChI is InChI=1S/C14H14N4O4S/c1-8-12(16-14(21)18-17-8)23-7-11(19)15-10-5-3-9(4-6-10)13(20)22-2/h3-6H,7H2,1-2H3,(H,15,19)(H,16,18,21). The van der Waals surface area contributed by atoms with Gasteiger partial charge in [-0.15, -0.1) is 0 Å². The van der Waals surface area contributed by atoms with Gasteiger partial charge in [-0.3, -0.25) is 4.79 Å². The average Bonchev–Trinajstić information content (AvgIpc) is 2.55. The minimum Gasteiger partial charge on any atom is -0.465 e. The molecule has 0 aliphatic rings. The number of benzene rings is 1. The van der Waals surface area contributed by atoms with Crippen molar-refractivity contribution in [3.8, 4) is 0 Å². The van der Waals surface area contributed by atoms with Gasteiger partial charge in [0.05, 0.1) is 24.1 Å². The molecule has 1 amide bonds. The lowest BCUT2D eigenvalue weighted by Crippen LogP contribution is -2.17. The smallest absolute Gasteiger partial charge is 0.362 e. The Kier molecular flexibility index (Phi) is 5.47. The van der Waals surface area contributed by atoms with Crippen molar-refractivity contribution in [2.75, 3.05) is 18.2 Å². The van der Waals surface area contributed by atoms with Crippen LogP contribution < -0.4 is 11.0 Å². The molecule has 23 heavy (non-hydrogen) atoms. The van der Waals surface area contributed by atoms with E-state index in [9.17, 15) is 14.4 Å². The minimum absolute atomic E-state index is 0.0811. The summed E-state index contributed by atoms with van der Waals surface area (Å²) in [6.45, 7) is 1.69. The summed E-state index contributed by atoms with van der Waals surface area (Å²) < 4.78 is 4.60. The van der Waals surface area contributed by atoms with E-state index in [2.05, 4.69) is 25.2 Å². The van der Waals surface area contributed by atoms with Gasteiger partial charge in [-0.2, -0.15) is 10.1 Å². The predicted octanol–water partition coefficient (Wildman–Crippen LogP) is 0.991. The molecule has 0 unspecified atom stereocenters. The average molecular weight is 334 g/mol. The Labute approximate surface area is 135 Å². The number of carbonyl (C=O) groups excluding carboxylic acids is 2. The summed E-state index contributed by atoms with van der Waals surface area (Å²) in [5.74, 6) is -0.623. The van der Waals surface area contributed by atoms with Crippen molar-refractivity contribution in [2.24, 2.45) is 0 Å². The highest BCUT2D eigenvalue weighted by Gasteiger charge is 2.09. The number of rotatable bonds is 5. The number of nitrogens with one attached hydrogen (secondary N) is 2. The summed E-state index contributed by atoms with van der Waals surface area (Å²) in [6, 6.07) is 6.32. The number of aromatic amines is 1.